The minimum Gasteiger partial charge on any atom is -0.352 e. The minimum atomic E-state index is -0.648. The topological polar surface area (TPSA) is 49.4 Å². The van der Waals surface area contributed by atoms with E-state index in [0.717, 1.165) is 23.3 Å². The maximum Gasteiger partial charge on any atom is 0.243 e. The van der Waals surface area contributed by atoms with Crippen LogP contribution >= 0.6 is 23.4 Å². The molecule has 190 valence electrons. The second kappa shape index (κ2) is 14.1. The summed E-state index contributed by atoms with van der Waals surface area (Å²) in [4.78, 5) is 28.9. The summed E-state index contributed by atoms with van der Waals surface area (Å²) in [5, 5.41) is 3.69. The van der Waals surface area contributed by atoms with Crippen LogP contribution in [0.1, 0.15) is 42.5 Å². The van der Waals surface area contributed by atoms with Gasteiger partial charge in [0.1, 0.15) is 6.04 Å². The van der Waals surface area contributed by atoms with Gasteiger partial charge in [0, 0.05) is 29.8 Å². The number of benzene rings is 3. The van der Waals surface area contributed by atoms with Crippen LogP contribution in [0.5, 0.6) is 0 Å². The molecule has 0 fully saturated rings. The van der Waals surface area contributed by atoms with Crippen molar-refractivity contribution in [2.24, 2.45) is 0 Å². The van der Waals surface area contributed by atoms with Crippen molar-refractivity contribution in [1.29, 1.82) is 0 Å². The third-order valence-electron chi connectivity index (χ3n) is 6.19. The number of nitrogens with one attached hydrogen (secondary N) is 1. The maximum absolute atomic E-state index is 13.7. The number of hydrogen-bond donors (Lipinski definition) is 1. The molecule has 3 aromatic carbocycles. The molecule has 2 unspecified atom stereocenters. The fourth-order valence-corrected chi connectivity index (χ4v) is 4.89. The zero-order valence-electron chi connectivity index (χ0n) is 21.2. The Morgan fingerprint density at radius 1 is 0.944 bits per heavy atom. The second-order valence-corrected chi connectivity index (χ2v) is 10.5. The largest absolute Gasteiger partial charge is 0.352 e. The van der Waals surface area contributed by atoms with Crippen molar-refractivity contribution in [3.63, 3.8) is 0 Å². The number of amides is 2. The van der Waals surface area contributed by atoms with Crippen molar-refractivity contribution in [3.05, 3.63) is 106 Å². The molecule has 0 aliphatic carbocycles. The van der Waals surface area contributed by atoms with Crippen LogP contribution in [0.4, 0.5) is 0 Å². The molecule has 2 atom stereocenters. The minimum absolute atomic E-state index is 0.0175. The zero-order chi connectivity index (χ0) is 25.9. The van der Waals surface area contributed by atoms with E-state index < -0.39 is 6.04 Å². The molecule has 0 saturated heterocycles. The molecule has 0 saturated carbocycles. The van der Waals surface area contributed by atoms with Crippen molar-refractivity contribution in [2.75, 3.05) is 5.75 Å². The lowest BCUT2D eigenvalue weighted by Crippen LogP contribution is -2.52. The molecule has 6 heteroatoms. The van der Waals surface area contributed by atoms with Crippen molar-refractivity contribution < 1.29 is 9.59 Å². The lowest BCUT2D eigenvalue weighted by Gasteiger charge is -2.32. The van der Waals surface area contributed by atoms with Crippen LogP contribution in [0.2, 0.25) is 5.02 Å². The summed E-state index contributed by atoms with van der Waals surface area (Å²) >= 11 is 8.04. The van der Waals surface area contributed by atoms with E-state index in [9.17, 15) is 9.59 Å². The van der Waals surface area contributed by atoms with Crippen molar-refractivity contribution in [3.8, 4) is 0 Å². The van der Waals surface area contributed by atoms with E-state index in [2.05, 4.69) is 36.5 Å². The summed E-state index contributed by atoms with van der Waals surface area (Å²) < 4.78 is 0. The third-order valence-corrected chi connectivity index (χ3v) is 7.54. The SMILES string of the molecule is CCC(C)NC(=O)C(Cc1ccccc1)N(Cc1ccccc1Cl)C(=O)CSCc1ccc(C)cc1. The van der Waals surface area contributed by atoms with Crippen LogP contribution in [0.3, 0.4) is 0 Å². The highest BCUT2D eigenvalue weighted by Gasteiger charge is 2.31. The average Bonchev–Trinajstić information content (AvgIpc) is 2.88. The monoisotopic (exact) mass is 522 g/mol. The molecule has 0 radical (unpaired) electrons. The summed E-state index contributed by atoms with van der Waals surface area (Å²) in [6.07, 6.45) is 1.25. The molecule has 3 rings (SSSR count). The Bertz CT molecular complexity index is 1120. The van der Waals surface area contributed by atoms with Gasteiger partial charge >= 0.3 is 0 Å². The number of rotatable bonds is 12. The second-order valence-electron chi connectivity index (χ2n) is 9.11. The Morgan fingerprint density at radius 2 is 1.61 bits per heavy atom. The number of halogens is 1. The molecule has 4 nitrogen and oxygen atoms in total. The molecule has 0 bridgehead atoms. The predicted molar refractivity (Wildman–Crippen MR) is 151 cm³/mol. The highest BCUT2D eigenvalue weighted by atomic mass is 35.5. The average molecular weight is 523 g/mol. The first-order valence-corrected chi connectivity index (χ1v) is 13.9. The first kappa shape index (κ1) is 27.8. The normalized spacial score (nSPS) is 12.6. The van der Waals surface area contributed by atoms with Crippen molar-refractivity contribution in [2.45, 2.75) is 58.0 Å². The van der Waals surface area contributed by atoms with E-state index in [1.54, 1.807) is 16.7 Å². The number of carbonyl (C=O) groups is 2. The smallest absolute Gasteiger partial charge is 0.243 e. The van der Waals surface area contributed by atoms with Crippen LogP contribution in [-0.2, 0) is 28.3 Å². The molecule has 3 aromatic rings. The van der Waals surface area contributed by atoms with Gasteiger partial charge in [0.25, 0.3) is 0 Å². The van der Waals surface area contributed by atoms with Gasteiger partial charge in [0.2, 0.25) is 11.8 Å². The standard InChI is InChI=1S/C30H35ClN2O2S/c1-4-23(3)32-30(35)28(18-24-10-6-5-7-11-24)33(19-26-12-8-9-13-27(26)31)29(34)21-36-20-25-16-14-22(2)15-17-25/h5-17,23,28H,4,18-21H2,1-3H3,(H,32,35). The van der Waals surface area contributed by atoms with E-state index in [1.807, 2.05) is 68.4 Å². The molecule has 36 heavy (non-hydrogen) atoms. The number of carbonyl (C=O) groups excluding carboxylic acids is 2. The van der Waals surface area contributed by atoms with Crippen LogP contribution in [0, 0.1) is 6.92 Å². The van der Waals surface area contributed by atoms with Gasteiger partial charge in [-0.25, -0.2) is 0 Å². The van der Waals surface area contributed by atoms with Gasteiger partial charge in [-0.1, -0.05) is 96.9 Å². The predicted octanol–water partition coefficient (Wildman–Crippen LogP) is 6.44. The summed E-state index contributed by atoms with van der Waals surface area (Å²) in [7, 11) is 0. The summed E-state index contributed by atoms with van der Waals surface area (Å²) in [5.74, 6) is 0.790. The van der Waals surface area contributed by atoms with Gasteiger partial charge in [-0.05, 0) is 43.0 Å². The van der Waals surface area contributed by atoms with Crippen molar-refractivity contribution >= 4 is 35.2 Å². The number of thioether (sulfide) groups is 1. The number of nitrogens with zero attached hydrogens (tertiary/aromatic N) is 1. The fraction of sp³-hybridized carbons (Fsp3) is 0.333. The van der Waals surface area contributed by atoms with E-state index >= 15 is 0 Å². The van der Waals surface area contributed by atoms with Gasteiger partial charge in [0.05, 0.1) is 5.75 Å². The Morgan fingerprint density at radius 3 is 2.28 bits per heavy atom. The number of hydrogen-bond acceptors (Lipinski definition) is 3. The Balaban J connectivity index is 1.86. The molecule has 0 spiro atoms. The van der Waals surface area contributed by atoms with E-state index in [0.29, 0.717) is 11.4 Å². The van der Waals surface area contributed by atoms with E-state index in [4.69, 9.17) is 11.6 Å². The van der Waals surface area contributed by atoms with Gasteiger partial charge in [0.15, 0.2) is 0 Å². The summed E-state index contributed by atoms with van der Waals surface area (Å²) in [6, 6.07) is 25.1. The van der Waals surface area contributed by atoms with Gasteiger partial charge < -0.3 is 10.2 Å². The summed E-state index contributed by atoms with van der Waals surface area (Å²) in [5.41, 5.74) is 4.21. The first-order valence-electron chi connectivity index (χ1n) is 12.4. The summed E-state index contributed by atoms with van der Waals surface area (Å²) in [6.45, 7) is 6.35. The lowest BCUT2D eigenvalue weighted by atomic mass is 10.0. The van der Waals surface area contributed by atoms with Gasteiger partial charge in [-0.3, -0.25) is 9.59 Å². The molecular weight excluding hydrogens is 488 g/mol. The molecule has 2 amide bonds. The molecule has 0 aliphatic rings. The molecule has 1 N–H and O–H groups in total. The highest BCUT2D eigenvalue weighted by molar-refractivity contribution is 7.99. The van der Waals surface area contributed by atoms with Crippen LogP contribution in [0.15, 0.2) is 78.9 Å². The van der Waals surface area contributed by atoms with Gasteiger partial charge in [-0.15, -0.1) is 11.8 Å². The molecule has 0 aliphatic heterocycles. The number of aryl methyl sites for hydroxylation is 1. The van der Waals surface area contributed by atoms with Crippen LogP contribution in [-0.4, -0.2) is 34.6 Å². The van der Waals surface area contributed by atoms with Crippen LogP contribution < -0.4 is 5.32 Å². The Hall–Kier alpha value is -2.76. The molecule has 0 aromatic heterocycles. The lowest BCUT2D eigenvalue weighted by molar-refractivity contribution is -0.139. The van der Waals surface area contributed by atoms with Crippen LogP contribution in [0.25, 0.3) is 0 Å². The Labute approximate surface area is 224 Å². The van der Waals surface area contributed by atoms with Gasteiger partial charge in [-0.2, -0.15) is 0 Å². The molecule has 0 heterocycles. The maximum atomic E-state index is 13.7. The highest BCUT2D eigenvalue weighted by Crippen LogP contribution is 2.22. The quantitative estimate of drug-likeness (QED) is 0.298. The van der Waals surface area contributed by atoms with E-state index in [-0.39, 0.29) is 30.2 Å². The first-order chi connectivity index (χ1) is 17.4. The third kappa shape index (κ3) is 8.42. The Kier molecular flexibility index (Phi) is 10.9. The zero-order valence-corrected chi connectivity index (χ0v) is 22.8. The fourth-order valence-electron chi connectivity index (χ4n) is 3.83. The van der Waals surface area contributed by atoms with Crippen molar-refractivity contribution in [1.82, 2.24) is 10.2 Å². The van der Waals surface area contributed by atoms with E-state index in [1.165, 1.54) is 11.1 Å². The molecular formula is C30H35ClN2O2S.